The van der Waals surface area contributed by atoms with Crippen LogP contribution in [0, 0.1) is 5.92 Å². The molecule has 0 amide bonds. The molecule has 1 aliphatic rings. The van der Waals surface area contributed by atoms with Gasteiger partial charge in [-0.25, -0.2) is 0 Å². The number of hydrogen-bond acceptors (Lipinski definition) is 2. The van der Waals surface area contributed by atoms with Gasteiger partial charge in [-0.1, -0.05) is 64.0 Å². The minimum atomic E-state index is 0.194. The number of ketones is 1. The lowest BCUT2D eigenvalue weighted by Gasteiger charge is -2.16. The minimum Gasteiger partial charge on any atom is -0.498 e. The Balaban J connectivity index is 2.55. The van der Waals surface area contributed by atoms with E-state index in [-0.39, 0.29) is 11.7 Å². The van der Waals surface area contributed by atoms with Gasteiger partial charge in [0.15, 0.2) is 5.78 Å². The predicted octanol–water partition coefficient (Wildman–Crippen LogP) is 5.58. The summed E-state index contributed by atoms with van der Waals surface area (Å²) in [5, 5.41) is 0. The van der Waals surface area contributed by atoms with E-state index in [2.05, 4.69) is 6.58 Å². The molecule has 1 atom stereocenters. The second kappa shape index (κ2) is 11.6. The molecule has 0 bridgehead atoms. The van der Waals surface area contributed by atoms with Gasteiger partial charge in [-0.15, -0.1) is 0 Å². The summed E-state index contributed by atoms with van der Waals surface area (Å²) in [4.78, 5) is 11.9. The molecule has 0 aliphatic heterocycles. The van der Waals surface area contributed by atoms with Crippen molar-refractivity contribution in [1.29, 1.82) is 0 Å². The maximum absolute atomic E-state index is 11.9. The van der Waals surface area contributed by atoms with Gasteiger partial charge >= 0.3 is 0 Å². The van der Waals surface area contributed by atoms with Gasteiger partial charge in [0.1, 0.15) is 0 Å². The number of hydrogen-bond donors (Lipinski definition) is 0. The summed E-state index contributed by atoms with van der Waals surface area (Å²) in [5.41, 5.74) is 0. The molecule has 0 spiro atoms. The molecular weight excluding hydrogens is 260 g/mol. The fourth-order valence-corrected chi connectivity index (χ4v) is 2.86. The van der Waals surface area contributed by atoms with E-state index < -0.39 is 0 Å². The molecule has 0 aromatic heterocycles. The Kier molecular flexibility index (Phi) is 9.94. The Morgan fingerprint density at radius 2 is 1.67 bits per heavy atom. The highest BCUT2D eigenvalue weighted by Gasteiger charge is 2.11. The fraction of sp³-hybridized carbons (Fsp3) is 0.737. The lowest BCUT2D eigenvalue weighted by Crippen LogP contribution is -2.05. The molecule has 2 heteroatoms. The van der Waals surface area contributed by atoms with Crippen LogP contribution in [0.3, 0.4) is 0 Å². The van der Waals surface area contributed by atoms with Gasteiger partial charge in [0.05, 0.1) is 12.4 Å². The zero-order valence-corrected chi connectivity index (χ0v) is 13.7. The first-order chi connectivity index (χ1) is 10.2. The first-order valence-corrected chi connectivity index (χ1v) is 8.76. The van der Waals surface area contributed by atoms with Crippen LogP contribution in [0.15, 0.2) is 24.5 Å². The molecule has 0 heterocycles. The van der Waals surface area contributed by atoms with Crippen LogP contribution in [0.5, 0.6) is 0 Å². The zero-order valence-electron chi connectivity index (χ0n) is 13.7. The van der Waals surface area contributed by atoms with Gasteiger partial charge in [-0.3, -0.25) is 4.79 Å². The van der Waals surface area contributed by atoms with Crippen LogP contribution in [0.2, 0.25) is 0 Å². The molecule has 1 aliphatic carbocycles. The molecule has 1 unspecified atom stereocenters. The molecule has 0 aromatic rings. The number of ether oxygens (including phenoxy) is 1. The Morgan fingerprint density at radius 1 is 1.10 bits per heavy atom. The monoisotopic (exact) mass is 292 g/mol. The molecule has 120 valence electrons. The Labute approximate surface area is 130 Å². The van der Waals surface area contributed by atoms with E-state index in [9.17, 15) is 4.79 Å². The van der Waals surface area contributed by atoms with Crippen molar-refractivity contribution in [2.45, 2.75) is 77.6 Å². The van der Waals surface area contributed by atoms with E-state index in [1.54, 1.807) is 6.08 Å². The maximum Gasteiger partial charge on any atom is 0.155 e. The standard InChI is InChI=1S/C19H32O2/c1-3-21-17(2)18-13-11-9-7-5-4-6-8-10-12-14-19(20)16-15-18/h15-16,18H,2-14H2,1H3/b16-15-. The van der Waals surface area contributed by atoms with Crippen molar-refractivity contribution in [3.8, 4) is 0 Å². The maximum atomic E-state index is 11.9. The van der Waals surface area contributed by atoms with E-state index in [0.29, 0.717) is 13.0 Å². The average molecular weight is 292 g/mol. The van der Waals surface area contributed by atoms with Gasteiger partial charge in [-0.2, -0.15) is 0 Å². The quantitative estimate of drug-likeness (QED) is 0.634. The molecule has 0 fully saturated rings. The second-order valence-electron chi connectivity index (χ2n) is 6.05. The summed E-state index contributed by atoms with van der Waals surface area (Å²) >= 11 is 0. The molecule has 1 rings (SSSR count). The van der Waals surface area contributed by atoms with Crippen LogP contribution in [0.25, 0.3) is 0 Å². The van der Waals surface area contributed by atoms with E-state index in [4.69, 9.17) is 4.74 Å². The van der Waals surface area contributed by atoms with Crippen LogP contribution in [-0.2, 0) is 9.53 Å². The van der Waals surface area contributed by atoms with Gasteiger partial charge in [-0.05, 0) is 25.8 Å². The molecule has 0 N–H and O–H groups in total. The third-order valence-corrected chi connectivity index (χ3v) is 4.20. The second-order valence-corrected chi connectivity index (χ2v) is 6.05. The summed E-state index contributed by atoms with van der Waals surface area (Å²) < 4.78 is 5.55. The number of carbonyl (C=O) groups is 1. The van der Waals surface area contributed by atoms with Gasteiger partial charge in [0.2, 0.25) is 0 Å². The zero-order chi connectivity index (χ0) is 15.3. The molecule has 0 saturated carbocycles. The summed E-state index contributed by atoms with van der Waals surface area (Å²) in [6, 6.07) is 0. The van der Waals surface area contributed by atoms with Crippen LogP contribution in [0.1, 0.15) is 77.6 Å². The molecule has 0 aromatic carbocycles. The first-order valence-electron chi connectivity index (χ1n) is 8.76. The highest BCUT2D eigenvalue weighted by Crippen LogP contribution is 2.21. The lowest BCUT2D eigenvalue weighted by atomic mass is 9.97. The van der Waals surface area contributed by atoms with Gasteiger partial charge in [0, 0.05) is 12.3 Å². The highest BCUT2D eigenvalue weighted by atomic mass is 16.5. The molecule has 0 radical (unpaired) electrons. The molecule has 0 saturated heterocycles. The fourth-order valence-electron chi connectivity index (χ4n) is 2.86. The third kappa shape index (κ3) is 8.75. The summed E-state index contributed by atoms with van der Waals surface area (Å²) in [6.45, 7) is 6.65. The van der Waals surface area contributed by atoms with E-state index >= 15 is 0 Å². The van der Waals surface area contributed by atoms with Crippen molar-refractivity contribution >= 4 is 5.78 Å². The van der Waals surface area contributed by atoms with Crippen molar-refractivity contribution in [1.82, 2.24) is 0 Å². The smallest absolute Gasteiger partial charge is 0.155 e. The van der Waals surface area contributed by atoms with Crippen molar-refractivity contribution in [3.05, 3.63) is 24.5 Å². The normalized spacial score (nSPS) is 24.6. The van der Waals surface area contributed by atoms with Crippen LogP contribution in [-0.4, -0.2) is 12.4 Å². The largest absolute Gasteiger partial charge is 0.498 e. The average Bonchev–Trinajstić information content (AvgIpc) is 2.47. The number of carbonyl (C=O) groups excluding carboxylic acids is 1. The molecule has 21 heavy (non-hydrogen) atoms. The third-order valence-electron chi connectivity index (χ3n) is 4.20. The predicted molar refractivity (Wildman–Crippen MR) is 89.2 cm³/mol. The van der Waals surface area contributed by atoms with E-state index in [1.165, 1.54) is 51.4 Å². The summed E-state index contributed by atoms with van der Waals surface area (Å²) in [5.74, 6) is 1.25. The minimum absolute atomic E-state index is 0.194. The van der Waals surface area contributed by atoms with Gasteiger partial charge < -0.3 is 4.74 Å². The van der Waals surface area contributed by atoms with Crippen molar-refractivity contribution < 1.29 is 9.53 Å². The van der Waals surface area contributed by atoms with Crippen LogP contribution in [0.4, 0.5) is 0 Å². The summed E-state index contributed by atoms with van der Waals surface area (Å²) in [7, 11) is 0. The molecule has 2 nitrogen and oxygen atoms in total. The molecular formula is C19H32O2. The topological polar surface area (TPSA) is 26.3 Å². The van der Waals surface area contributed by atoms with Crippen LogP contribution < -0.4 is 0 Å². The number of rotatable bonds is 3. The van der Waals surface area contributed by atoms with Gasteiger partial charge in [0.25, 0.3) is 0 Å². The van der Waals surface area contributed by atoms with Crippen LogP contribution >= 0.6 is 0 Å². The number of allylic oxidation sites excluding steroid dienone is 2. The Hall–Kier alpha value is -1.05. The van der Waals surface area contributed by atoms with Crippen molar-refractivity contribution in [2.75, 3.05) is 6.61 Å². The highest BCUT2D eigenvalue weighted by molar-refractivity contribution is 5.89. The lowest BCUT2D eigenvalue weighted by molar-refractivity contribution is -0.114. The Morgan fingerprint density at radius 3 is 2.29 bits per heavy atom. The van der Waals surface area contributed by atoms with E-state index in [0.717, 1.165) is 18.6 Å². The summed E-state index contributed by atoms with van der Waals surface area (Å²) in [6.07, 6.45) is 16.8. The Bertz CT molecular complexity index is 330. The van der Waals surface area contributed by atoms with Crippen molar-refractivity contribution in [3.63, 3.8) is 0 Å². The SMILES string of the molecule is C=C(OCC)C1/C=C\C(=O)CCCCCCCCCCC1. The first kappa shape index (κ1) is 18.0. The van der Waals surface area contributed by atoms with Crippen molar-refractivity contribution in [2.24, 2.45) is 5.92 Å². The van der Waals surface area contributed by atoms with E-state index in [1.807, 2.05) is 13.0 Å².